The number of carboxylic acid groups (broad SMARTS) is 1. The molecule has 1 amide bonds. The summed E-state index contributed by atoms with van der Waals surface area (Å²) < 4.78 is 1.00. The fourth-order valence-corrected chi connectivity index (χ4v) is 2.89. The first-order valence-corrected chi connectivity index (χ1v) is 9.20. The monoisotopic (exact) mass is 411 g/mol. The van der Waals surface area contributed by atoms with Crippen LogP contribution in [-0.2, 0) is 22.6 Å². The normalized spacial score (nSPS) is 11.6. The summed E-state index contributed by atoms with van der Waals surface area (Å²) in [6.07, 6.45) is 0.134. The summed E-state index contributed by atoms with van der Waals surface area (Å²) in [7, 11) is 0. The molecule has 0 aliphatic carbocycles. The number of hydrogen-bond donors (Lipinski definition) is 2. The zero-order valence-corrected chi connectivity index (χ0v) is 16.0. The van der Waals surface area contributed by atoms with Crippen molar-refractivity contribution >= 4 is 23.5 Å². The number of carbonyl (C=O) groups is 2. The Kier molecular flexibility index (Phi) is 6.41. The highest BCUT2D eigenvalue weighted by atomic mass is 35.5. The largest absolute Gasteiger partial charge is 0.480 e. The highest BCUT2D eigenvalue weighted by Crippen LogP contribution is 2.18. The molecule has 1 unspecified atom stereocenters. The molecule has 2 aromatic carbocycles. The predicted octanol–water partition coefficient (Wildman–Crippen LogP) is 2.38. The summed E-state index contributed by atoms with van der Waals surface area (Å²) >= 11 is 5.88. The Morgan fingerprint density at radius 3 is 2.38 bits per heavy atom. The number of carboxylic acids is 1. The molecule has 3 rings (SSSR count). The number of aromatic nitrogens is 2. The molecule has 1 heterocycles. The highest BCUT2D eigenvalue weighted by Gasteiger charge is 2.21. The summed E-state index contributed by atoms with van der Waals surface area (Å²) in [6, 6.07) is 17.6. The fraction of sp³-hybridized carbons (Fsp3) is 0.143. The van der Waals surface area contributed by atoms with Gasteiger partial charge in [0.25, 0.3) is 5.56 Å². The zero-order chi connectivity index (χ0) is 20.8. The van der Waals surface area contributed by atoms with Crippen LogP contribution in [-0.4, -0.2) is 32.8 Å². The minimum atomic E-state index is -1.16. The standard InChI is InChI=1S/C21H18ClN3O4/c22-16-8-6-15(7-9-16)17-10-11-20(27)25(24-17)13-19(26)23-18(21(28)29)12-14-4-2-1-3-5-14/h1-11,18H,12-13H2,(H,23,26)(H,28,29). The number of halogens is 1. The molecule has 2 N–H and O–H groups in total. The maximum absolute atomic E-state index is 12.4. The minimum Gasteiger partial charge on any atom is -0.480 e. The van der Waals surface area contributed by atoms with Crippen LogP contribution in [0.1, 0.15) is 5.56 Å². The highest BCUT2D eigenvalue weighted by molar-refractivity contribution is 6.30. The Labute approximate surface area is 171 Å². The van der Waals surface area contributed by atoms with Crippen LogP contribution < -0.4 is 10.9 Å². The van der Waals surface area contributed by atoms with Crippen LogP contribution in [0.5, 0.6) is 0 Å². The molecule has 3 aromatic rings. The van der Waals surface area contributed by atoms with Crippen molar-refractivity contribution in [2.75, 3.05) is 0 Å². The number of nitrogens with one attached hydrogen (secondary N) is 1. The van der Waals surface area contributed by atoms with E-state index in [1.807, 2.05) is 6.07 Å². The molecule has 0 aliphatic heterocycles. The molecule has 0 saturated carbocycles. The van der Waals surface area contributed by atoms with Crippen LogP contribution in [0.4, 0.5) is 0 Å². The maximum atomic E-state index is 12.4. The third-order valence-electron chi connectivity index (χ3n) is 4.22. The number of rotatable bonds is 7. The smallest absolute Gasteiger partial charge is 0.326 e. The van der Waals surface area contributed by atoms with Crippen molar-refractivity contribution in [3.8, 4) is 11.3 Å². The van der Waals surface area contributed by atoms with Crippen LogP contribution in [0, 0.1) is 0 Å². The lowest BCUT2D eigenvalue weighted by Gasteiger charge is -2.15. The van der Waals surface area contributed by atoms with Gasteiger partial charge in [0, 0.05) is 23.1 Å². The first kappa shape index (κ1) is 20.3. The van der Waals surface area contributed by atoms with Crippen molar-refractivity contribution in [2.45, 2.75) is 19.0 Å². The maximum Gasteiger partial charge on any atom is 0.326 e. The number of carbonyl (C=O) groups excluding carboxylic acids is 1. The van der Waals surface area contributed by atoms with Crippen molar-refractivity contribution in [3.05, 3.63) is 87.7 Å². The van der Waals surface area contributed by atoms with Gasteiger partial charge in [0.05, 0.1) is 5.69 Å². The van der Waals surface area contributed by atoms with Crippen LogP contribution in [0.15, 0.2) is 71.5 Å². The topological polar surface area (TPSA) is 101 Å². The summed E-state index contributed by atoms with van der Waals surface area (Å²) in [5.41, 5.74) is 1.54. The lowest BCUT2D eigenvalue weighted by Crippen LogP contribution is -2.44. The summed E-state index contributed by atoms with van der Waals surface area (Å²) in [5, 5.41) is 16.6. The van der Waals surface area contributed by atoms with Gasteiger partial charge >= 0.3 is 5.97 Å². The number of nitrogens with zero attached hydrogens (tertiary/aromatic N) is 2. The minimum absolute atomic E-state index is 0.134. The summed E-state index contributed by atoms with van der Waals surface area (Å²) in [4.78, 5) is 36.0. The van der Waals surface area contributed by atoms with E-state index in [0.29, 0.717) is 10.7 Å². The van der Waals surface area contributed by atoms with Crippen LogP contribution in [0.3, 0.4) is 0 Å². The van der Waals surface area contributed by atoms with E-state index in [1.54, 1.807) is 54.6 Å². The van der Waals surface area contributed by atoms with E-state index in [1.165, 1.54) is 6.07 Å². The van der Waals surface area contributed by atoms with Gasteiger partial charge < -0.3 is 10.4 Å². The van der Waals surface area contributed by atoms with Crippen LogP contribution in [0.25, 0.3) is 11.3 Å². The second-order valence-electron chi connectivity index (χ2n) is 6.37. The Hall–Kier alpha value is -3.45. The molecule has 8 heteroatoms. The lowest BCUT2D eigenvalue weighted by atomic mass is 10.1. The van der Waals surface area contributed by atoms with E-state index in [2.05, 4.69) is 10.4 Å². The SMILES string of the molecule is O=C(Cn1nc(-c2ccc(Cl)cc2)ccc1=O)NC(Cc1ccccc1)C(=O)O. The zero-order valence-electron chi connectivity index (χ0n) is 15.3. The molecule has 0 bridgehead atoms. The molecule has 1 aromatic heterocycles. The van der Waals surface area contributed by atoms with E-state index >= 15 is 0 Å². The lowest BCUT2D eigenvalue weighted by molar-refractivity contribution is -0.141. The molecule has 0 spiro atoms. The molecule has 0 aliphatic rings. The Morgan fingerprint density at radius 1 is 1.03 bits per heavy atom. The Balaban J connectivity index is 1.73. The summed E-state index contributed by atoms with van der Waals surface area (Å²) in [5.74, 6) is -1.77. The molecule has 0 radical (unpaired) electrons. The van der Waals surface area contributed by atoms with Crippen molar-refractivity contribution in [3.63, 3.8) is 0 Å². The molecule has 0 saturated heterocycles. The molecule has 29 heavy (non-hydrogen) atoms. The van der Waals surface area contributed by atoms with E-state index in [-0.39, 0.29) is 6.42 Å². The van der Waals surface area contributed by atoms with E-state index in [4.69, 9.17) is 11.6 Å². The van der Waals surface area contributed by atoms with Crippen molar-refractivity contribution in [2.24, 2.45) is 0 Å². The molecule has 1 atom stereocenters. The molecular weight excluding hydrogens is 394 g/mol. The average Bonchev–Trinajstić information content (AvgIpc) is 2.70. The van der Waals surface area contributed by atoms with Gasteiger partial charge in [-0.05, 0) is 23.8 Å². The van der Waals surface area contributed by atoms with Crippen LogP contribution >= 0.6 is 11.6 Å². The second-order valence-corrected chi connectivity index (χ2v) is 6.81. The Bertz CT molecular complexity index is 1070. The fourth-order valence-electron chi connectivity index (χ4n) is 2.76. The van der Waals surface area contributed by atoms with Gasteiger partial charge in [-0.2, -0.15) is 5.10 Å². The van der Waals surface area contributed by atoms with Crippen molar-refractivity contribution in [1.82, 2.24) is 15.1 Å². The van der Waals surface area contributed by atoms with Gasteiger partial charge in [-0.3, -0.25) is 9.59 Å². The number of aliphatic carboxylic acids is 1. The average molecular weight is 412 g/mol. The van der Waals surface area contributed by atoms with Gasteiger partial charge in [0.15, 0.2) is 0 Å². The van der Waals surface area contributed by atoms with Crippen LogP contribution in [0.2, 0.25) is 5.02 Å². The number of hydrogen-bond acceptors (Lipinski definition) is 4. The third-order valence-corrected chi connectivity index (χ3v) is 4.47. The van der Waals surface area contributed by atoms with Gasteiger partial charge in [-0.15, -0.1) is 0 Å². The van der Waals surface area contributed by atoms with Gasteiger partial charge in [-0.1, -0.05) is 54.1 Å². The van der Waals surface area contributed by atoms with E-state index in [0.717, 1.165) is 15.8 Å². The van der Waals surface area contributed by atoms with E-state index in [9.17, 15) is 19.5 Å². The van der Waals surface area contributed by atoms with Gasteiger partial charge in [0.2, 0.25) is 5.91 Å². The van der Waals surface area contributed by atoms with E-state index < -0.39 is 30.0 Å². The first-order valence-electron chi connectivity index (χ1n) is 8.82. The quantitative estimate of drug-likeness (QED) is 0.621. The molecule has 148 valence electrons. The van der Waals surface area contributed by atoms with Crippen molar-refractivity contribution in [1.29, 1.82) is 0 Å². The second kappa shape index (κ2) is 9.16. The predicted molar refractivity (Wildman–Crippen MR) is 109 cm³/mol. The van der Waals surface area contributed by atoms with Crippen molar-refractivity contribution < 1.29 is 14.7 Å². The molecule has 0 fully saturated rings. The molecular formula is C21H18ClN3O4. The molecule has 7 nitrogen and oxygen atoms in total. The number of benzene rings is 2. The van der Waals surface area contributed by atoms with Gasteiger partial charge in [-0.25, -0.2) is 9.48 Å². The first-order chi connectivity index (χ1) is 13.9. The Morgan fingerprint density at radius 2 is 1.72 bits per heavy atom. The number of amides is 1. The third kappa shape index (κ3) is 5.52. The summed E-state index contributed by atoms with van der Waals surface area (Å²) in [6.45, 7) is -0.390. The van der Waals surface area contributed by atoms with Gasteiger partial charge in [0.1, 0.15) is 12.6 Å².